The maximum absolute atomic E-state index is 12.8. The van der Waals surface area contributed by atoms with Crippen molar-refractivity contribution in [3.05, 3.63) is 60.2 Å². The second kappa shape index (κ2) is 8.95. The number of aliphatic hydroxyl groups is 1. The predicted octanol–water partition coefficient (Wildman–Crippen LogP) is 2.77. The molecule has 1 unspecified atom stereocenters. The van der Waals surface area contributed by atoms with Crippen molar-refractivity contribution in [2.75, 3.05) is 13.9 Å². The summed E-state index contributed by atoms with van der Waals surface area (Å²) in [5.74, 6) is -1.89. The molecule has 1 aliphatic carbocycles. The highest BCUT2D eigenvalue weighted by Gasteiger charge is 2.51. The van der Waals surface area contributed by atoms with Gasteiger partial charge < -0.3 is 24.1 Å². The Balaban J connectivity index is 1.50. The lowest BCUT2D eigenvalue weighted by atomic mass is 9.89. The number of benzene rings is 2. The average molecular weight is 412 g/mol. The minimum absolute atomic E-state index is 0.0227. The molecule has 30 heavy (non-hydrogen) atoms. The van der Waals surface area contributed by atoms with Crippen LogP contribution >= 0.6 is 0 Å². The Bertz CT molecular complexity index is 880. The number of rotatable bonds is 4. The zero-order chi connectivity index (χ0) is 21.1. The fourth-order valence-corrected chi connectivity index (χ4v) is 4.27. The summed E-state index contributed by atoms with van der Waals surface area (Å²) in [7, 11) is 1.47. The van der Waals surface area contributed by atoms with Crippen LogP contribution in [0.2, 0.25) is 0 Å². The molecule has 2 aromatic carbocycles. The molecule has 1 N–H and O–H groups in total. The highest BCUT2D eigenvalue weighted by atomic mass is 16.8. The number of methoxy groups -OCH3 is 1. The molecule has 2 aromatic rings. The monoisotopic (exact) mass is 412 g/mol. The summed E-state index contributed by atoms with van der Waals surface area (Å²) in [6.07, 6.45) is -1.98. The van der Waals surface area contributed by atoms with E-state index in [9.17, 15) is 14.7 Å². The number of esters is 2. The molecule has 158 valence electrons. The van der Waals surface area contributed by atoms with Crippen LogP contribution in [0.25, 0.3) is 11.1 Å². The van der Waals surface area contributed by atoms with Crippen molar-refractivity contribution >= 4 is 11.9 Å². The van der Waals surface area contributed by atoms with Gasteiger partial charge in [-0.1, -0.05) is 42.5 Å². The fourth-order valence-electron chi connectivity index (χ4n) is 4.27. The van der Waals surface area contributed by atoms with Crippen molar-refractivity contribution in [1.82, 2.24) is 0 Å². The summed E-state index contributed by atoms with van der Waals surface area (Å²) < 4.78 is 21.6. The Morgan fingerprint density at radius 1 is 1.07 bits per heavy atom. The molecular weight excluding hydrogens is 388 g/mol. The molecule has 5 atom stereocenters. The van der Waals surface area contributed by atoms with Gasteiger partial charge in [0, 0.05) is 19.4 Å². The van der Waals surface area contributed by atoms with Gasteiger partial charge in [-0.2, -0.15) is 0 Å². The van der Waals surface area contributed by atoms with Crippen molar-refractivity contribution in [3.63, 3.8) is 0 Å². The van der Waals surface area contributed by atoms with Crippen LogP contribution in [0.1, 0.15) is 23.2 Å². The van der Waals surface area contributed by atoms with Crippen LogP contribution < -0.4 is 0 Å². The molecule has 1 saturated carbocycles. The summed E-state index contributed by atoms with van der Waals surface area (Å²) in [5, 5.41) is 10.5. The Kier molecular flexibility index (Phi) is 6.13. The second-order valence-electron chi connectivity index (χ2n) is 7.54. The number of hydrogen-bond acceptors (Lipinski definition) is 7. The largest absolute Gasteiger partial charge is 0.458 e. The van der Waals surface area contributed by atoms with Crippen LogP contribution in [0.15, 0.2) is 54.6 Å². The summed E-state index contributed by atoms with van der Waals surface area (Å²) in [6.45, 7) is -0.238. The molecule has 1 aliphatic heterocycles. The van der Waals surface area contributed by atoms with E-state index in [1.165, 1.54) is 7.11 Å². The van der Waals surface area contributed by atoms with Gasteiger partial charge in [0.05, 0.1) is 24.0 Å². The summed E-state index contributed by atoms with van der Waals surface area (Å²) >= 11 is 0. The van der Waals surface area contributed by atoms with Crippen molar-refractivity contribution in [3.8, 4) is 11.1 Å². The first kappa shape index (κ1) is 20.5. The molecule has 0 radical (unpaired) electrons. The number of fused-ring (bicyclic) bond motifs is 1. The molecular formula is C23H24O7. The van der Waals surface area contributed by atoms with E-state index < -0.39 is 42.3 Å². The van der Waals surface area contributed by atoms with Crippen molar-refractivity contribution in [1.29, 1.82) is 0 Å². The van der Waals surface area contributed by atoms with Gasteiger partial charge in [-0.15, -0.1) is 0 Å². The quantitative estimate of drug-likeness (QED) is 0.772. The third-order valence-corrected chi connectivity index (χ3v) is 5.78. The second-order valence-corrected chi connectivity index (χ2v) is 7.54. The SMILES string of the molecule is COC1OCOC(=O)C[C@H]2[C@H]1[C@@H](OC(=O)c1ccc(-c3ccccc3)cc1)C[C@H]2O. The maximum atomic E-state index is 12.8. The lowest BCUT2D eigenvalue weighted by Crippen LogP contribution is -2.41. The van der Waals surface area contributed by atoms with E-state index in [2.05, 4.69) is 0 Å². The number of carbonyl (C=O) groups is 2. The van der Waals surface area contributed by atoms with Crippen LogP contribution in [0.5, 0.6) is 0 Å². The molecule has 4 rings (SSSR count). The zero-order valence-electron chi connectivity index (χ0n) is 16.6. The highest BCUT2D eigenvalue weighted by molar-refractivity contribution is 5.90. The van der Waals surface area contributed by atoms with E-state index in [0.717, 1.165) is 11.1 Å². The van der Waals surface area contributed by atoms with Gasteiger partial charge in [-0.3, -0.25) is 4.79 Å². The lowest BCUT2D eigenvalue weighted by Gasteiger charge is -2.32. The lowest BCUT2D eigenvalue weighted by molar-refractivity contribution is -0.233. The molecule has 7 heteroatoms. The topological polar surface area (TPSA) is 91.3 Å². The number of carbonyl (C=O) groups excluding carboxylic acids is 2. The number of ether oxygens (including phenoxy) is 4. The number of aliphatic hydroxyl groups excluding tert-OH is 1. The first-order chi connectivity index (χ1) is 14.6. The van der Waals surface area contributed by atoms with Gasteiger partial charge in [0.2, 0.25) is 0 Å². The van der Waals surface area contributed by atoms with Crippen LogP contribution in [0.4, 0.5) is 0 Å². The minimum atomic E-state index is -0.819. The molecule has 2 aliphatic rings. The molecule has 0 aromatic heterocycles. The highest BCUT2D eigenvalue weighted by Crippen LogP contribution is 2.41. The van der Waals surface area contributed by atoms with E-state index in [4.69, 9.17) is 18.9 Å². The van der Waals surface area contributed by atoms with E-state index in [1.54, 1.807) is 12.1 Å². The normalized spacial score (nSPS) is 28.7. The predicted molar refractivity (Wildman–Crippen MR) is 106 cm³/mol. The first-order valence-electron chi connectivity index (χ1n) is 9.91. The number of cyclic esters (lactones) is 1. The Labute approximate surface area is 174 Å². The van der Waals surface area contributed by atoms with Crippen molar-refractivity contribution in [2.45, 2.75) is 31.3 Å². The standard InChI is InChI=1S/C23H24O7/c1-27-23-21-17(11-20(25)28-13-29-23)18(24)12-19(21)30-22(26)16-9-7-15(8-10-16)14-5-3-2-4-6-14/h2-10,17-19,21,23-24H,11-13H2,1H3/t17-,18-,19+,21+,23?/m1/s1. The van der Waals surface area contributed by atoms with Crippen molar-refractivity contribution < 1.29 is 33.6 Å². The summed E-state index contributed by atoms with van der Waals surface area (Å²) in [4.78, 5) is 24.6. The smallest absolute Gasteiger partial charge is 0.338 e. The Hall–Kier alpha value is -2.74. The average Bonchev–Trinajstić information content (AvgIpc) is 3.04. The van der Waals surface area contributed by atoms with Gasteiger partial charge in [0.1, 0.15) is 6.10 Å². The molecule has 1 heterocycles. The van der Waals surface area contributed by atoms with Crippen LogP contribution in [0, 0.1) is 11.8 Å². The van der Waals surface area contributed by atoms with Gasteiger partial charge in [0.15, 0.2) is 13.1 Å². The van der Waals surface area contributed by atoms with E-state index in [1.807, 2.05) is 42.5 Å². The molecule has 0 amide bonds. The molecule has 7 nitrogen and oxygen atoms in total. The van der Waals surface area contributed by atoms with Gasteiger partial charge >= 0.3 is 11.9 Å². The van der Waals surface area contributed by atoms with Crippen LogP contribution in [-0.2, 0) is 23.7 Å². The maximum Gasteiger partial charge on any atom is 0.338 e. The first-order valence-corrected chi connectivity index (χ1v) is 9.91. The molecule has 1 saturated heterocycles. The fraction of sp³-hybridized carbons (Fsp3) is 0.391. The summed E-state index contributed by atoms with van der Waals surface area (Å²) in [5.41, 5.74) is 2.46. The van der Waals surface area contributed by atoms with E-state index in [-0.39, 0.29) is 19.6 Å². The third kappa shape index (κ3) is 4.23. The molecule has 2 fully saturated rings. The van der Waals surface area contributed by atoms with Gasteiger partial charge in [0.25, 0.3) is 0 Å². The molecule has 0 spiro atoms. The molecule has 0 bridgehead atoms. The Morgan fingerprint density at radius 2 is 1.77 bits per heavy atom. The number of hydrogen-bond donors (Lipinski definition) is 1. The van der Waals surface area contributed by atoms with Crippen LogP contribution in [-0.4, -0.2) is 49.4 Å². The van der Waals surface area contributed by atoms with E-state index in [0.29, 0.717) is 5.56 Å². The minimum Gasteiger partial charge on any atom is -0.458 e. The van der Waals surface area contributed by atoms with Gasteiger partial charge in [-0.25, -0.2) is 4.79 Å². The summed E-state index contributed by atoms with van der Waals surface area (Å²) in [6, 6.07) is 17.0. The Morgan fingerprint density at radius 3 is 2.47 bits per heavy atom. The van der Waals surface area contributed by atoms with E-state index >= 15 is 0 Å². The van der Waals surface area contributed by atoms with Gasteiger partial charge in [-0.05, 0) is 23.3 Å². The van der Waals surface area contributed by atoms with Crippen LogP contribution in [0.3, 0.4) is 0 Å². The third-order valence-electron chi connectivity index (χ3n) is 5.78. The zero-order valence-corrected chi connectivity index (χ0v) is 16.6. The van der Waals surface area contributed by atoms with Crippen molar-refractivity contribution in [2.24, 2.45) is 11.8 Å².